The fraction of sp³-hybridized carbons (Fsp3) is 0. The second kappa shape index (κ2) is 11.0. The normalized spacial score (nSPS) is 11.7. The highest BCUT2D eigenvalue weighted by atomic mass is 16.3. The second-order valence-electron chi connectivity index (χ2n) is 12.6. The third kappa shape index (κ3) is 4.37. The summed E-state index contributed by atoms with van der Waals surface area (Å²) >= 11 is 0. The molecule has 0 N–H and O–H groups in total. The van der Waals surface area contributed by atoms with E-state index in [1.807, 2.05) is 12.1 Å². The standard InChI is InChI=1S/C46H30N2O/c1-2-14-32(15-3-1)36-17-6-9-20-40(36)48(35-27-28-45-39(30-35)37-18-8-11-24-44(37)49-45)43-23-12-22-42-46(43)38-19-7-10-21-41(38)47(42)34-26-25-31-13-4-5-16-33(31)29-34/h1-30H. The van der Waals surface area contributed by atoms with Gasteiger partial charge in [0.15, 0.2) is 0 Å². The zero-order chi connectivity index (χ0) is 32.3. The summed E-state index contributed by atoms with van der Waals surface area (Å²) in [6.45, 7) is 0. The molecule has 0 amide bonds. The van der Waals surface area contributed by atoms with Gasteiger partial charge in [-0.1, -0.05) is 121 Å². The van der Waals surface area contributed by atoms with Gasteiger partial charge < -0.3 is 13.9 Å². The molecule has 2 heterocycles. The van der Waals surface area contributed by atoms with Gasteiger partial charge in [-0.05, 0) is 77.0 Å². The quantitative estimate of drug-likeness (QED) is 0.190. The number of anilines is 3. The van der Waals surface area contributed by atoms with Crippen molar-refractivity contribution in [2.75, 3.05) is 4.90 Å². The maximum Gasteiger partial charge on any atom is 0.135 e. The largest absolute Gasteiger partial charge is 0.456 e. The average molecular weight is 627 g/mol. The lowest BCUT2D eigenvalue weighted by Gasteiger charge is -2.29. The number of rotatable bonds is 5. The number of benzene rings is 8. The highest BCUT2D eigenvalue weighted by molar-refractivity contribution is 6.17. The Kier molecular flexibility index (Phi) is 6.18. The van der Waals surface area contributed by atoms with Crippen molar-refractivity contribution in [3.05, 3.63) is 182 Å². The maximum absolute atomic E-state index is 6.28. The molecular weight excluding hydrogens is 597 g/mol. The predicted molar refractivity (Wildman–Crippen MR) is 206 cm³/mol. The van der Waals surface area contributed by atoms with Gasteiger partial charge in [0.05, 0.1) is 22.4 Å². The molecule has 0 aliphatic heterocycles. The van der Waals surface area contributed by atoms with E-state index < -0.39 is 0 Å². The molecule has 0 aliphatic carbocycles. The molecule has 0 saturated heterocycles. The van der Waals surface area contributed by atoms with E-state index in [0.29, 0.717) is 0 Å². The monoisotopic (exact) mass is 626 g/mol. The van der Waals surface area contributed by atoms with E-state index >= 15 is 0 Å². The van der Waals surface area contributed by atoms with Crippen LogP contribution in [-0.2, 0) is 0 Å². The number of hydrogen-bond acceptors (Lipinski definition) is 2. The van der Waals surface area contributed by atoms with Crippen LogP contribution in [0.2, 0.25) is 0 Å². The third-order valence-corrected chi connectivity index (χ3v) is 9.76. The first-order valence-electron chi connectivity index (χ1n) is 16.7. The van der Waals surface area contributed by atoms with Crippen LogP contribution in [0.1, 0.15) is 0 Å². The Bertz CT molecular complexity index is 2840. The minimum absolute atomic E-state index is 0.882. The number of furan rings is 1. The van der Waals surface area contributed by atoms with Crippen molar-refractivity contribution in [3.63, 3.8) is 0 Å². The third-order valence-electron chi connectivity index (χ3n) is 9.76. The summed E-state index contributed by atoms with van der Waals surface area (Å²) in [6.07, 6.45) is 0. The van der Waals surface area contributed by atoms with Gasteiger partial charge in [-0.2, -0.15) is 0 Å². The van der Waals surface area contributed by atoms with Gasteiger partial charge in [0, 0.05) is 38.5 Å². The second-order valence-corrected chi connectivity index (χ2v) is 12.6. The van der Waals surface area contributed by atoms with E-state index in [-0.39, 0.29) is 0 Å². The Hall–Kier alpha value is -6.58. The Labute approximate surface area is 283 Å². The summed E-state index contributed by atoms with van der Waals surface area (Å²) in [6, 6.07) is 65.1. The Balaban J connectivity index is 1.30. The number of hydrogen-bond donors (Lipinski definition) is 0. The first kappa shape index (κ1) is 27.5. The van der Waals surface area contributed by atoms with E-state index in [2.05, 4.69) is 179 Å². The lowest BCUT2D eigenvalue weighted by Crippen LogP contribution is -2.11. The SMILES string of the molecule is c1ccc(-c2ccccc2N(c2ccc3oc4ccccc4c3c2)c2cccc3c2c2ccccc2n3-c2ccc3ccccc3c2)cc1. The number of fused-ring (bicyclic) bond motifs is 7. The number of nitrogens with zero attached hydrogens (tertiary/aromatic N) is 2. The molecule has 10 rings (SSSR count). The zero-order valence-corrected chi connectivity index (χ0v) is 26.6. The van der Waals surface area contributed by atoms with Crippen LogP contribution in [0.25, 0.3) is 71.3 Å². The Morgan fingerprint density at radius 2 is 1.12 bits per heavy atom. The van der Waals surface area contributed by atoms with Crippen LogP contribution in [0.4, 0.5) is 17.1 Å². The van der Waals surface area contributed by atoms with Crippen molar-refractivity contribution >= 4 is 71.6 Å². The van der Waals surface area contributed by atoms with Gasteiger partial charge in [-0.15, -0.1) is 0 Å². The molecule has 0 radical (unpaired) electrons. The Morgan fingerprint density at radius 1 is 0.429 bits per heavy atom. The van der Waals surface area contributed by atoms with Gasteiger partial charge in [-0.3, -0.25) is 0 Å². The van der Waals surface area contributed by atoms with Gasteiger partial charge >= 0.3 is 0 Å². The highest BCUT2D eigenvalue weighted by Crippen LogP contribution is 2.47. The summed E-state index contributed by atoms with van der Waals surface area (Å²) in [5, 5.41) is 7.08. The first-order chi connectivity index (χ1) is 24.3. The summed E-state index contributed by atoms with van der Waals surface area (Å²) < 4.78 is 8.69. The van der Waals surface area contributed by atoms with Crippen LogP contribution in [0.15, 0.2) is 186 Å². The van der Waals surface area contributed by atoms with Crippen LogP contribution < -0.4 is 4.90 Å². The molecule has 2 aromatic heterocycles. The van der Waals surface area contributed by atoms with Crippen LogP contribution in [-0.4, -0.2) is 4.57 Å². The van der Waals surface area contributed by atoms with E-state index in [4.69, 9.17) is 4.42 Å². The fourth-order valence-corrected chi connectivity index (χ4v) is 7.57. The molecule has 0 bridgehead atoms. The van der Waals surface area contributed by atoms with E-state index in [1.54, 1.807) is 0 Å². The molecule has 8 aromatic carbocycles. The van der Waals surface area contributed by atoms with Gasteiger partial charge in [0.25, 0.3) is 0 Å². The number of aromatic nitrogens is 1. The van der Waals surface area contributed by atoms with Gasteiger partial charge in [0.1, 0.15) is 11.2 Å². The lowest BCUT2D eigenvalue weighted by atomic mass is 10.0. The summed E-state index contributed by atoms with van der Waals surface area (Å²) in [4.78, 5) is 2.43. The highest BCUT2D eigenvalue weighted by Gasteiger charge is 2.23. The van der Waals surface area contributed by atoms with Crippen LogP contribution in [0, 0.1) is 0 Å². The van der Waals surface area contributed by atoms with Crippen molar-refractivity contribution in [1.29, 1.82) is 0 Å². The van der Waals surface area contributed by atoms with Crippen molar-refractivity contribution in [2.45, 2.75) is 0 Å². The molecule has 230 valence electrons. The molecule has 0 atom stereocenters. The minimum atomic E-state index is 0.882. The van der Waals surface area contributed by atoms with Crippen molar-refractivity contribution < 1.29 is 4.42 Å². The van der Waals surface area contributed by atoms with Crippen molar-refractivity contribution in [1.82, 2.24) is 4.57 Å². The van der Waals surface area contributed by atoms with E-state index in [0.717, 1.165) is 55.8 Å². The Morgan fingerprint density at radius 3 is 2.04 bits per heavy atom. The molecule has 0 saturated carbocycles. The summed E-state index contributed by atoms with van der Waals surface area (Å²) in [7, 11) is 0. The smallest absolute Gasteiger partial charge is 0.135 e. The molecule has 0 unspecified atom stereocenters. The first-order valence-corrected chi connectivity index (χ1v) is 16.7. The molecule has 10 aromatic rings. The molecule has 3 nitrogen and oxygen atoms in total. The van der Waals surface area contributed by atoms with E-state index in [1.165, 1.54) is 32.6 Å². The summed E-state index contributed by atoms with van der Waals surface area (Å²) in [5.41, 5.74) is 10.9. The van der Waals surface area contributed by atoms with E-state index in [9.17, 15) is 0 Å². The average Bonchev–Trinajstić information content (AvgIpc) is 3.71. The van der Waals surface area contributed by atoms with Crippen molar-refractivity contribution in [2.24, 2.45) is 0 Å². The minimum Gasteiger partial charge on any atom is -0.456 e. The molecule has 3 heteroatoms. The van der Waals surface area contributed by atoms with Crippen molar-refractivity contribution in [3.8, 4) is 16.8 Å². The fourth-order valence-electron chi connectivity index (χ4n) is 7.57. The number of para-hydroxylation sites is 3. The zero-order valence-electron chi connectivity index (χ0n) is 26.6. The molecule has 0 aliphatic rings. The lowest BCUT2D eigenvalue weighted by molar-refractivity contribution is 0.669. The molecule has 0 fully saturated rings. The molecule has 0 spiro atoms. The van der Waals surface area contributed by atoms with Crippen LogP contribution >= 0.6 is 0 Å². The van der Waals surface area contributed by atoms with Crippen LogP contribution in [0.5, 0.6) is 0 Å². The van der Waals surface area contributed by atoms with Crippen LogP contribution in [0.3, 0.4) is 0 Å². The van der Waals surface area contributed by atoms with Gasteiger partial charge in [0.2, 0.25) is 0 Å². The van der Waals surface area contributed by atoms with Gasteiger partial charge in [-0.25, -0.2) is 0 Å². The topological polar surface area (TPSA) is 21.3 Å². The predicted octanol–water partition coefficient (Wildman–Crippen LogP) is 13.0. The molecule has 49 heavy (non-hydrogen) atoms. The maximum atomic E-state index is 6.28. The molecular formula is C46H30N2O. The summed E-state index contributed by atoms with van der Waals surface area (Å²) in [5.74, 6) is 0.